The van der Waals surface area contributed by atoms with Crippen molar-refractivity contribution in [2.45, 2.75) is 25.9 Å². The molecule has 0 unspecified atom stereocenters. The van der Waals surface area contributed by atoms with Gasteiger partial charge in [-0.1, -0.05) is 62.4 Å². The van der Waals surface area contributed by atoms with Crippen LogP contribution in [0.3, 0.4) is 0 Å². The van der Waals surface area contributed by atoms with E-state index < -0.39 is 5.97 Å². The Hall–Kier alpha value is -6.18. The van der Waals surface area contributed by atoms with E-state index in [2.05, 4.69) is 146 Å². The molecule has 11 rings (SSSR count). The van der Waals surface area contributed by atoms with Crippen LogP contribution in [0.2, 0.25) is 0 Å². The first-order valence-electron chi connectivity index (χ1n) is 21.5. The molecule has 13 heteroatoms. The molecule has 0 saturated heterocycles. The molecule has 0 aliphatic heterocycles. The molecule has 0 amide bonds. The van der Waals surface area contributed by atoms with Crippen molar-refractivity contribution in [2.24, 2.45) is 0 Å². The number of benzene rings is 3. The molecule has 0 radical (unpaired) electrons. The number of ether oxygens (including phenoxy) is 1. The number of carboxylic acid groups (broad SMARTS) is 1. The van der Waals surface area contributed by atoms with E-state index >= 15 is 0 Å². The van der Waals surface area contributed by atoms with E-state index in [4.69, 9.17) is 4.74 Å². The van der Waals surface area contributed by atoms with Crippen molar-refractivity contribution in [3.63, 3.8) is 0 Å². The Balaban J connectivity index is 0.817. The van der Waals surface area contributed by atoms with Gasteiger partial charge in [-0.15, -0.1) is 79.4 Å². The van der Waals surface area contributed by atoms with Crippen LogP contribution in [0.5, 0.6) is 5.75 Å². The Kier molecular flexibility index (Phi) is 11.8. The number of nitrogens with zero attached hydrogens (tertiary/aromatic N) is 2. The second-order valence-corrected chi connectivity index (χ2v) is 24.0. The lowest BCUT2D eigenvalue weighted by molar-refractivity contribution is -0.132. The number of methoxy groups -OCH3 is 1. The molecule has 0 bridgehead atoms. The van der Waals surface area contributed by atoms with Crippen molar-refractivity contribution >= 4 is 108 Å². The Morgan fingerprint density at radius 3 is 1.56 bits per heavy atom. The first-order chi connectivity index (χ1) is 33.1. The molecule has 1 aliphatic carbocycles. The number of carbonyl (C=O) groups is 1. The van der Waals surface area contributed by atoms with Gasteiger partial charge in [0, 0.05) is 91.4 Å². The number of para-hydroxylation sites is 2. The maximum atomic E-state index is 11.5. The van der Waals surface area contributed by atoms with E-state index in [1.54, 1.807) is 81.2 Å². The van der Waals surface area contributed by atoms with Crippen LogP contribution in [-0.4, -0.2) is 23.3 Å². The minimum atomic E-state index is -1.21. The highest BCUT2D eigenvalue weighted by Crippen LogP contribution is 2.58. The first kappa shape index (κ1) is 44.3. The number of aliphatic hydroxyl groups is 1. The zero-order chi connectivity index (χ0) is 46.7. The van der Waals surface area contributed by atoms with E-state index in [0.717, 1.165) is 58.3 Å². The fraction of sp³-hybridized carbons (Fsp3) is 0.0909. The number of hydrogen-bond donors (Lipinski definition) is 2. The number of fused-ring (bicyclic) bond motifs is 3. The average molecular weight is 1020 g/mol. The molecule has 3 aromatic carbocycles. The Bertz CT molecular complexity index is 3530. The molecule has 1 aliphatic rings. The van der Waals surface area contributed by atoms with Crippen molar-refractivity contribution < 1.29 is 19.7 Å². The quantitative estimate of drug-likeness (QED) is 0.0883. The van der Waals surface area contributed by atoms with Crippen LogP contribution in [0.25, 0.3) is 75.0 Å². The number of nitriles is 1. The lowest BCUT2D eigenvalue weighted by Crippen LogP contribution is -2.13. The van der Waals surface area contributed by atoms with Gasteiger partial charge in [-0.3, -0.25) is 0 Å². The minimum absolute atomic E-state index is 0.131. The van der Waals surface area contributed by atoms with Crippen LogP contribution in [0.1, 0.15) is 35.4 Å². The SMILES string of the molecule is COc1c(-c2ccc(-c3ccc(-c4ccc(-c5ccc(-c6cc7c(s6)-c6sc(/C=C(\C#N)C(=O)O)cc6C7(C)C)s5)s4)s3)s2)sc(-c2ccc(N(c3ccccc3)c3ccccc3)cc2)c1CO. The standard InChI is InChI=1S/C55H38N2O4S7/c1-55(2)38-27-36(26-32(29-56)54(59)60)62-51(38)52-39(55)28-48(67-52)46-23-22-43(65-46)42-19-18-40(63-42)41-20-21-44(64-41)45-24-25-47(66-45)53-49(61-3)37(30-58)50(68-53)31-14-16-35(17-15-31)57(33-10-6-4-7-11-33)34-12-8-5-9-13-34/h4-28,58H,30H2,1-3H3,(H,59,60)/b32-26+. The molecule has 68 heavy (non-hydrogen) atoms. The minimum Gasteiger partial charge on any atom is -0.495 e. The van der Waals surface area contributed by atoms with Gasteiger partial charge in [-0.25, -0.2) is 4.79 Å². The summed E-state index contributed by atoms with van der Waals surface area (Å²) < 4.78 is 6.03. The van der Waals surface area contributed by atoms with E-state index in [1.165, 1.54) is 61.1 Å². The van der Waals surface area contributed by atoms with Crippen LogP contribution in [-0.2, 0) is 16.8 Å². The monoisotopic (exact) mass is 1010 g/mol. The van der Waals surface area contributed by atoms with Crippen molar-refractivity contribution in [1.82, 2.24) is 0 Å². The van der Waals surface area contributed by atoms with Crippen LogP contribution < -0.4 is 9.64 Å². The highest BCUT2D eigenvalue weighted by molar-refractivity contribution is 7.31. The molecule has 334 valence electrons. The van der Waals surface area contributed by atoms with E-state index in [-0.39, 0.29) is 17.6 Å². The van der Waals surface area contributed by atoms with Gasteiger partial charge in [0.25, 0.3) is 0 Å². The molecule has 0 fully saturated rings. The Morgan fingerprint density at radius 2 is 1.06 bits per heavy atom. The fourth-order valence-electron chi connectivity index (χ4n) is 8.66. The topological polar surface area (TPSA) is 93.8 Å². The zero-order valence-electron chi connectivity index (χ0n) is 36.6. The van der Waals surface area contributed by atoms with Crippen LogP contribution in [0.4, 0.5) is 17.1 Å². The van der Waals surface area contributed by atoms with E-state index in [1.807, 2.05) is 29.5 Å². The molecule has 10 aromatic rings. The molecule has 0 atom stereocenters. The smallest absolute Gasteiger partial charge is 0.346 e. The summed E-state index contributed by atoms with van der Waals surface area (Å²) in [5.74, 6) is -0.492. The van der Waals surface area contributed by atoms with Crippen LogP contribution >= 0.6 is 79.4 Å². The second kappa shape index (κ2) is 18.0. The van der Waals surface area contributed by atoms with Gasteiger partial charge in [0.15, 0.2) is 0 Å². The average Bonchev–Trinajstić information content (AvgIpc) is 4.21. The molecule has 7 heterocycles. The van der Waals surface area contributed by atoms with E-state index in [0.29, 0.717) is 0 Å². The summed E-state index contributed by atoms with van der Waals surface area (Å²) in [6, 6.07) is 53.2. The van der Waals surface area contributed by atoms with Crippen LogP contribution in [0.15, 0.2) is 151 Å². The number of rotatable bonds is 13. The Labute approximate surface area is 421 Å². The van der Waals surface area contributed by atoms with Gasteiger partial charge < -0.3 is 19.8 Å². The number of aliphatic hydroxyl groups excluding tert-OH is 1. The predicted octanol–water partition coefficient (Wildman–Crippen LogP) is 17.4. The maximum Gasteiger partial charge on any atom is 0.346 e. The van der Waals surface area contributed by atoms with Gasteiger partial charge in [-0.2, -0.15) is 5.26 Å². The van der Waals surface area contributed by atoms with Crippen LogP contribution in [0, 0.1) is 11.3 Å². The van der Waals surface area contributed by atoms with E-state index in [9.17, 15) is 20.3 Å². The summed E-state index contributed by atoms with van der Waals surface area (Å²) in [4.78, 5) is 29.8. The molecule has 0 spiro atoms. The second-order valence-electron chi connectivity index (χ2n) is 16.5. The van der Waals surface area contributed by atoms with Crippen molar-refractivity contribution in [3.05, 3.63) is 173 Å². The summed E-state index contributed by atoms with van der Waals surface area (Å²) in [5.41, 5.74) is 7.01. The van der Waals surface area contributed by atoms with Crippen molar-refractivity contribution in [1.29, 1.82) is 5.26 Å². The molecule has 6 nitrogen and oxygen atoms in total. The zero-order valence-corrected chi connectivity index (χ0v) is 42.3. The number of carboxylic acids is 1. The predicted molar refractivity (Wildman–Crippen MR) is 290 cm³/mol. The summed E-state index contributed by atoms with van der Waals surface area (Å²) in [7, 11) is 1.69. The van der Waals surface area contributed by atoms with Gasteiger partial charge in [0.1, 0.15) is 17.4 Å². The van der Waals surface area contributed by atoms with Gasteiger partial charge in [0.2, 0.25) is 0 Å². The number of aliphatic carboxylic acids is 1. The third-order valence-corrected chi connectivity index (χ3v) is 21.0. The lowest BCUT2D eigenvalue weighted by Gasteiger charge is -2.25. The third kappa shape index (κ3) is 7.90. The summed E-state index contributed by atoms with van der Waals surface area (Å²) >= 11 is 12.2. The van der Waals surface area contributed by atoms with Gasteiger partial charge in [-0.05, 0) is 120 Å². The first-order valence-corrected chi connectivity index (χ1v) is 27.2. The van der Waals surface area contributed by atoms with Crippen molar-refractivity contribution in [2.75, 3.05) is 12.0 Å². The molecule has 0 saturated carbocycles. The summed E-state index contributed by atoms with van der Waals surface area (Å²) in [6.07, 6.45) is 1.48. The summed E-state index contributed by atoms with van der Waals surface area (Å²) in [5, 5.41) is 29.5. The Morgan fingerprint density at radius 1 is 0.588 bits per heavy atom. The third-order valence-electron chi connectivity index (χ3n) is 12.0. The lowest BCUT2D eigenvalue weighted by atomic mass is 9.84. The van der Waals surface area contributed by atoms with Gasteiger partial charge in [0.05, 0.1) is 18.6 Å². The fourth-order valence-corrected chi connectivity index (χ4v) is 17.2. The highest BCUT2D eigenvalue weighted by atomic mass is 32.1. The van der Waals surface area contributed by atoms with Gasteiger partial charge >= 0.3 is 5.97 Å². The summed E-state index contributed by atoms with van der Waals surface area (Å²) in [6.45, 7) is 4.30. The number of hydrogen-bond acceptors (Lipinski definition) is 12. The molecule has 7 aromatic heterocycles. The maximum absolute atomic E-state index is 11.5. The number of thiophene rings is 7. The van der Waals surface area contributed by atoms with Crippen molar-refractivity contribution in [3.8, 4) is 80.8 Å². The normalized spacial score (nSPS) is 12.8. The largest absolute Gasteiger partial charge is 0.495 e. The molecule has 2 N–H and O–H groups in total. The number of anilines is 3. The highest BCUT2D eigenvalue weighted by Gasteiger charge is 2.39. The molecular formula is C55H38N2O4S7. The molecular weight excluding hydrogens is 977 g/mol.